The maximum Gasteiger partial charge on any atom is 0.357 e. The molecule has 3 rings (SSSR count). The van der Waals surface area contributed by atoms with Crippen LogP contribution in [0, 0.1) is 0 Å². The number of aromatic amines is 1. The van der Waals surface area contributed by atoms with E-state index < -0.39 is 11.7 Å². The number of carbonyl (C=O) groups is 1. The number of imidazole rings is 1. The molecule has 0 aliphatic heterocycles. The lowest BCUT2D eigenvalue weighted by atomic mass is 10.1. The van der Waals surface area contributed by atoms with E-state index in [9.17, 15) is 9.59 Å². The van der Waals surface area contributed by atoms with Crippen molar-refractivity contribution in [2.75, 3.05) is 26.9 Å². The van der Waals surface area contributed by atoms with Crippen molar-refractivity contribution < 1.29 is 19.0 Å². The van der Waals surface area contributed by atoms with Crippen molar-refractivity contribution in [3.63, 3.8) is 0 Å². The Hall–Kier alpha value is -3.32. The van der Waals surface area contributed by atoms with Gasteiger partial charge in [0, 0.05) is 25.7 Å². The Balaban J connectivity index is 2.13. The fourth-order valence-corrected chi connectivity index (χ4v) is 3.04. The largest absolute Gasteiger partial charge is 0.491 e. The summed E-state index contributed by atoms with van der Waals surface area (Å²) in [5.74, 6) is -0.0435. The lowest BCUT2D eigenvalue weighted by Gasteiger charge is -2.14. The summed E-state index contributed by atoms with van der Waals surface area (Å²) >= 11 is 0. The molecule has 0 amide bonds. The summed E-state index contributed by atoms with van der Waals surface area (Å²) in [5.41, 5.74) is 1.35. The first kappa shape index (κ1) is 20.4. The Morgan fingerprint density at radius 1 is 1.03 bits per heavy atom. The third-order valence-electron chi connectivity index (χ3n) is 4.28. The Morgan fingerprint density at radius 3 is 2.48 bits per heavy atom. The standard InChI is InChI=1S/C22H24N2O5/c1-3-28-21(25)19-20(16-10-5-4-6-11-16)24(22(26)23-19)17-12-7-8-13-18(17)29-15-9-14-27-2/h4-8,10-13H,3,9,14-15H2,1-2H3,(H,23,26). The van der Waals surface area contributed by atoms with Gasteiger partial charge < -0.3 is 14.2 Å². The normalized spacial score (nSPS) is 10.7. The summed E-state index contributed by atoms with van der Waals surface area (Å²) in [4.78, 5) is 28.1. The number of benzene rings is 2. The van der Waals surface area contributed by atoms with Gasteiger partial charge in [-0.1, -0.05) is 42.5 Å². The molecule has 0 unspecified atom stereocenters. The second-order valence-corrected chi connectivity index (χ2v) is 6.24. The molecule has 2 aromatic carbocycles. The summed E-state index contributed by atoms with van der Waals surface area (Å²) in [6.07, 6.45) is 0.715. The van der Waals surface area contributed by atoms with Crippen molar-refractivity contribution in [2.45, 2.75) is 13.3 Å². The van der Waals surface area contributed by atoms with Crippen molar-refractivity contribution in [3.8, 4) is 22.7 Å². The lowest BCUT2D eigenvalue weighted by molar-refractivity contribution is 0.0521. The first-order chi connectivity index (χ1) is 14.2. The van der Waals surface area contributed by atoms with E-state index in [1.54, 1.807) is 26.2 Å². The summed E-state index contributed by atoms with van der Waals surface area (Å²) in [5, 5.41) is 0. The van der Waals surface area contributed by atoms with Gasteiger partial charge in [-0.25, -0.2) is 9.59 Å². The highest BCUT2D eigenvalue weighted by Gasteiger charge is 2.24. The van der Waals surface area contributed by atoms with Crippen molar-refractivity contribution >= 4 is 5.97 Å². The van der Waals surface area contributed by atoms with Gasteiger partial charge in [-0.3, -0.25) is 9.55 Å². The smallest absolute Gasteiger partial charge is 0.357 e. The number of aromatic nitrogens is 2. The zero-order chi connectivity index (χ0) is 20.6. The molecule has 152 valence electrons. The van der Waals surface area contributed by atoms with Crippen LogP contribution >= 0.6 is 0 Å². The molecule has 0 radical (unpaired) electrons. The molecule has 1 aromatic heterocycles. The number of ether oxygens (including phenoxy) is 3. The van der Waals surface area contributed by atoms with Gasteiger partial charge in [-0.05, 0) is 19.1 Å². The van der Waals surface area contributed by atoms with Crippen LogP contribution in [0.2, 0.25) is 0 Å². The zero-order valence-electron chi connectivity index (χ0n) is 16.5. The van der Waals surface area contributed by atoms with E-state index in [1.807, 2.05) is 42.5 Å². The van der Waals surface area contributed by atoms with Gasteiger partial charge in [0.15, 0.2) is 5.69 Å². The number of hydrogen-bond acceptors (Lipinski definition) is 5. The van der Waals surface area contributed by atoms with Crippen LogP contribution in [0.25, 0.3) is 16.9 Å². The van der Waals surface area contributed by atoms with Crippen LogP contribution in [0.15, 0.2) is 59.4 Å². The minimum absolute atomic E-state index is 0.109. The molecule has 0 fully saturated rings. The molecule has 29 heavy (non-hydrogen) atoms. The van der Waals surface area contributed by atoms with Crippen molar-refractivity contribution in [3.05, 3.63) is 70.8 Å². The predicted octanol–water partition coefficient (Wildman–Crippen LogP) is 3.42. The molecule has 3 aromatic rings. The molecule has 0 atom stereocenters. The van der Waals surface area contributed by atoms with E-state index in [4.69, 9.17) is 14.2 Å². The molecular weight excluding hydrogens is 372 g/mol. The maximum absolute atomic E-state index is 12.9. The average Bonchev–Trinajstić information content (AvgIpc) is 3.09. The number of nitrogens with one attached hydrogen (secondary N) is 1. The van der Waals surface area contributed by atoms with Gasteiger partial charge in [0.05, 0.1) is 24.6 Å². The van der Waals surface area contributed by atoms with E-state index in [2.05, 4.69) is 4.98 Å². The average molecular weight is 396 g/mol. The van der Waals surface area contributed by atoms with Gasteiger partial charge in [0.1, 0.15) is 5.75 Å². The maximum atomic E-state index is 12.9. The molecule has 0 bridgehead atoms. The van der Waals surface area contributed by atoms with Gasteiger partial charge in [0.2, 0.25) is 0 Å². The highest BCUT2D eigenvalue weighted by molar-refractivity contribution is 5.95. The second kappa shape index (κ2) is 9.75. The number of rotatable bonds is 9. The first-order valence-corrected chi connectivity index (χ1v) is 9.46. The summed E-state index contributed by atoms with van der Waals surface area (Å²) in [6, 6.07) is 16.5. The van der Waals surface area contributed by atoms with Gasteiger partial charge in [0.25, 0.3) is 0 Å². The molecular formula is C22H24N2O5. The molecule has 7 nitrogen and oxygen atoms in total. The highest BCUT2D eigenvalue weighted by Crippen LogP contribution is 2.29. The molecule has 7 heteroatoms. The SMILES string of the molecule is CCOC(=O)c1[nH]c(=O)n(-c2ccccc2OCCCOC)c1-c1ccccc1. The number of nitrogens with zero attached hydrogens (tertiary/aromatic N) is 1. The fraction of sp³-hybridized carbons (Fsp3) is 0.273. The number of para-hydroxylation sites is 2. The lowest BCUT2D eigenvalue weighted by Crippen LogP contribution is -2.17. The number of hydrogen-bond donors (Lipinski definition) is 1. The number of methoxy groups -OCH3 is 1. The first-order valence-electron chi connectivity index (χ1n) is 9.46. The van der Waals surface area contributed by atoms with Crippen LogP contribution in [0.4, 0.5) is 0 Å². The predicted molar refractivity (Wildman–Crippen MR) is 110 cm³/mol. The summed E-state index contributed by atoms with van der Waals surface area (Å²) in [7, 11) is 1.64. The topological polar surface area (TPSA) is 82.6 Å². The number of esters is 1. The monoisotopic (exact) mass is 396 g/mol. The third kappa shape index (κ3) is 4.57. The minimum atomic E-state index is -0.583. The van der Waals surface area contributed by atoms with Crippen LogP contribution < -0.4 is 10.4 Å². The number of carbonyl (C=O) groups excluding carboxylic acids is 1. The van der Waals surface area contributed by atoms with Crippen LogP contribution in [0.3, 0.4) is 0 Å². The van der Waals surface area contributed by atoms with Crippen LogP contribution in [-0.2, 0) is 9.47 Å². The molecule has 1 N–H and O–H groups in total. The summed E-state index contributed by atoms with van der Waals surface area (Å²) in [6.45, 7) is 2.95. The zero-order valence-corrected chi connectivity index (χ0v) is 16.5. The molecule has 0 saturated carbocycles. The van der Waals surface area contributed by atoms with Crippen LogP contribution in [-0.4, -0.2) is 42.5 Å². The van der Waals surface area contributed by atoms with Gasteiger partial charge in [-0.15, -0.1) is 0 Å². The van der Waals surface area contributed by atoms with Crippen LogP contribution in [0.1, 0.15) is 23.8 Å². The van der Waals surface area contributed by atoms with Gasteiger partial charge >= 0.3 is 11.7 Å². The molecule has 0 saturated heterocycles. The molecule has 0 aliphatic rings. The fourth-order valence-electron chi connectivity index (χ4n) is 3.04. The Bertz CT molecular complexity index is 1010. The molecule has 0 spiro atoms. The Kier molecular flexibility index (Phi) is 6.86. The third-order valence-corrected chi connectivity index (χ3v) is 4.28. The second-order valence-electron chi connectivity index (χ2n) is 6.24. The Morgan fingerprint density at radius 2 is 1.76 bits per heavy atom. The minimum Gasteiger partial charge on any atom is -0.491 e. The van der Waals surface area contributed by atoms with Crippen molar-refractivity contribution in [1.82, 2.24) is 9.55 Å². The van der Waals surface area contributed by atoms with Crippen molar-refractivity contribution in [2.24, 2.45) is 0 Å². The van der Waals surface area contributed by atoms with E-state index in [1.165, 1.54) is 4.57 Å². The van der Waals surface area contributed by atoms with Crippen molar-refractivity contribution in [1.29, 1.82) is 0 Å². The summed E-state index contributed by atoms with van der Waals surface area (Å²) < 4.78 is 17.5. The van der Waals surface area contributed by atoms with E-state index >= 15 is 0 Å². The van der Waals surface area contributed by atoms with E-state index in [-0.39, 0.29) is 12.3 Å². The molecule has 1 heterocycles. The quantitative estimate of drug-likeness (QED) is 0.443. The molecule has 0 aliphatic carbocycles. The highest BCUT2D eigenvalue weighted by atomic mass is 16.5. The number of H-pyrrole nitrogens is 1. The van der Waals surface area contributed by atoms with E-state index in [0.29, 0.717) is 42.3 Å². The Labute approximate surface area is 168 Å². The van der Waals surface area contributed by atoms with Crippen LogP contribution in [0.5, 0.6) is 5.75 Å². The van der Waals surface area contributed by atoms with E-state index in [0.717, 1.165) is 0 Å². The van der Waals surface area contributed by atoms with Gasteiger partial charge in [-0.2, -0.15) is 0 Å².